The molecule has 0 fully saturated rings. The number of rotatable bonds is 65. The molecule has 20 amide bonds. The Morgan fingerprint density at radius 1 is 0.390 bits per heavy atom. The van der Waals surface area contributed by atoms with Crippen molar-refractivity contribution in [1.82, 2.24) is 111 Å². The number of thioether (sulfide) groups is 1. The second kappa shape index (κ2) is 62.7. The van der Waals surface area contributed by atoms with Gasteiger partial charge < -0.3 is 148 Å². The third-order valence-electron chi connectivity index (χ3n) is 22.2. The van der Waals surface area contributed by atoms with Crippen LogP contribution in [0.1, 0.15) is 180 Å². The number of carboxylic acids is 2. The second-order valence-corrected chi connectivity index (χ2v) is 36.9. The largest absolute Gasteiger partial charge is 0.508 e. The molecular weight excluding hydrogens is 1870 g/mol. The zero-order valence-corrected chi connectivity index (χ0v) is 83.3. The average molecular weight is 2020 g/mol. The summed E-state index contributed by atoms with van der Waals surface area (Å²) in [5, 5.41) is 106. The second-order valence-electron chi connectivity index (χ2n) is 35.9. The van der Waals surface area contributed by atoms with Crippen LogP contribution in [0, 0.1) is 35.5 Å². The Balaban J connectivity index is 2.33. The van der Waals surface area contributed by atoms with Crippen LogP contribution in [-0.2, 0) is 118 Å². The highest BCUT2D eigenvalue weighted by molar-refractivity contribution is 7.98. The van der Waals surface area contributed by atoms with Gasteiger partial charge in [-0.3, -0.25) is 101 Å². The fourth-order valence-electron chi connectivity index (χ4n) is 13.4. The van der Waals surface area contributed by atoms with Crippen LogP contribution in [-0.4, -0.2) is 324 Å². The van der Waals surface area contributed by atoms with Crippen LogP contribution in [0.4, 0.5) is 0 Å². The number of benzene rings is 1. The molecular formula is C89H145N23O28S. The molecule has 0 aliphatic carbocycles. The van der Waals surface area contributed by atoms with Gasteiger partial charge in [0.25, 0.3) is 0 Å². The van der Waals surface area contributed by atoms with Crippen molar-refractivity contribution in [2.24, 2.45) is 47.0 Å². The van der Waals surface area contributed by atoms with Crippen molar-refractivity contribution in [2.45, 2.75) is 290 Å². The summed E-state index contributed by atoms with van der Waals surface area (Å²) < 4.78 is 0. The first kappa shape index (κ1) is 124. The third kappa shape index (κ3) is 45.3. The number of amides is 20. The number of hydrogen-bond acceptors (Lipinski definition) is 29. The minimum Gasteiger partial charge on any atom is -0.508 e. The fourth-order valence-corrected chi connectivity index (χ4v) is 13.9. The van der Waals surface area contributed by atoms with E-state index >= 15 is 0 Å². The molecule has 790 valence electrons. The molecule has 51 nitrogen and oxygen atoms in total. The van der Waals surface area contributed by atoms with Gasteiger partial charge in [0.15, 0.2) is 0 Å². The van der Waals surface area contributed by atoms with E-state index in [-0.39, 0.29) is 42.9 Å². The highest BCUT2D eigenvalue weighted by Crippen LogP contribution is 2.19. The van der Waals surface area contributed by atoms with E-state index < -0.39 is 333 Å². The van der Waals surface area contributed by atoms with Crippen molar-refractivity contribution in [3.05, 3.63) is 48.0 Å². The summed E-state index contributed by atoms with van der Waals surface area (Å²) in [7, 11) is 0. The number of carbonyl (C=O) groups excluding carboxylic acids is 20. The number of carboxylic acid groups (broad SMARTS) is 2. The topological polar surface area (TPSA) is 806 Å². The first-order chi connectivity index (χ1) is 66.0. The number of primary amides is 1. The summed E-state index contributed by atoms with van der Waals surface area (Å²) >= 11 is 1.33. The van der Waals surface area contributed by atoms with E-state index in [1.807, 2.05) is 0 Å². The molecule has 141 heavy (non-hydrogen) atoms. The van der Waals surface area contributed by atoms with E-state index in [9.17, 15) is 136 Å². The number of nitrogens with zero attached hydrogens (tertiary/aromatic N) is 1. The lowest BCUT2D eigenvalue weighted by molar-refractivity contribution is -0.144. The molecule has 30 N–H and O–H groups in total. The van der Waals surface area contributed by atoms with Gasteiger partial charge in [-0.15, -0.1) is 0 Å². The number of aromatic amines is 1. The van der Waals surface area contributed by atoms with E-state index in [2.05, 4.69) is 111 Å². The van der Waals surface area contributed by atoms with Crippen molar-refractivity contribution in [2.75, 3.05) is 44.9 Å². The molecule has 0 aliphatic rings. The van der Waals surface area contributed by atoms with Crippen LogP contribution in [0.2, 0.25) is 0 Å². The van der Waals surface area contributed by atoms with Gasteiger partial charge in [-0.2, -0.15) is 11.8 Å². The molecule has 0 unspecified atom stereocenters. The minimum absolute atomic E-state index is 0.0718. The summed E-state index contributed by atoms with van der Waals surface area (Å²) in [6, 6.07) is -20.4. The minimum atomic E-state index is -1.83. The number of nitrogens with one attached hydrogen (secondary N) is 20. The van der Waals surface area contributed by atoms with Crippen molar-refractivity contribution in [3.63, 3.8) is 0 Å². The molecule has 2 aromatic rings. The summed E-state index contributed by atoms with van der Waals surface area (Å²) in [5.74, 6) is -25.6. The lowest BCUT2D eigenvalue weighted by Gasteiger charge is -2.31. The van der Waals surface area contributed by atoms with Crippen molar-refractivity contribution >= 4 is 142 Å². The number of aliphatic hydroxyl groups excluding tert-OH is 3. The van der Waals surface area contributed by atoms with Crippen LogP contribution in [0.15, 0.2) is 36.8 Å². The molecule has 2 rings (SSSR count). The maximum atomic E-state index is 14.7. The van der Waals surface area contributed by atoms with Gasteiger partial charge in [0.1, 0.15) is 108 Å². The Labute approximate surface area is 821 Å². The van der Waals surface area contributed by atoms with Crippen LogP contribution >= 0.6 is 11.8 Å². The van der Waals surface area contributed by atoms with Crippen LogP contribution in [0.25, 0.3) is 0 Å². The maximum Gasteiger partial charge on any atom is 0.326 e. The van der Waals surface area contributed by atoms with Crippen LogP contribution in [0.3, 0.4) is 0 Å². The maximum absolute atomic E-state index is 14.7. The predicted octanol–water partition coefficient (Wildman–Crippen LogP) is -7.78. The molecule has 1 aromatic carbocycles. The number of phenolic OH excluding ortho intramolecular Hbond substituents is 1. The molecule has 20 atom stereocenters. The molecule has 1 aromatic heterocycles. The Bertz CT molecular complexity index is 4570. The Morgan fingerprint density at radius 3 is 1.18 bits per heavy atom. The van der Waals surface area contributed by atoms with Crippen molar-refractivity contribution in [1.29, 1.82) is 0 Å². The lowest BCUT2D eigenvalue weighted by Crippen LogP contribution is -2.62. The molecule has 0 radical (unpaired) electrons. The predicted molar refractivity (Wildman–Crippen MR) is 508 cm³/mol. The molecule has 0 bridgehead atoms. The summed E-state index contributed by atoms with van der Waals surface area (Å²) in [5.41, 5.74) is 11.7. The summed E-state index contributed by atoms with van der Waals surface area (Å²) in [6.45, 7) is 20.1. The Hall–Kier alpha value is -13.2. The normalized spacial score (nSPS) is 15.5. The molecule has 1 heterocycles. The lowest BCUT2D eigenvalue weighted by atomic mass is 9.95. The zero-order valence-electron chi connectivity index (χ0n) is 82.5. The number of H-pyrrole nitrogens is 1. The van der Waals surface area contributed by atoms with Crippen molar-refractivity contribution < 1.29 is 136 Å². The monoisotopic (exact) mass is 2020 g/mol. The summed E-state index contributed by atoms with van der Waals surface area (Å²) in [6.07, 6.45) is 0.191. The highest BCUT2D eigenvalue weighted by atomic mass is 32.2. The van der Waals surface area contributed by atoms with Crippen LogP contribution in [0.5, 0.6) is 5.75 Å². The Morgan fingerprint density at radius 2 is 0.730 bits per heavy atom. The smallest absolute Gasteiger partial charge is 0.326 e. The first-order valence-corrected chi connectivity index (χ1v) is 47.7. The van der Waals surface area contributed by atoms with Crippen LogP contribution < -0.4 is 112 Å². The zero-order chi connectivity index (χ0) is 107. The van der Waals surface area contributed by atoms with Crippen molar-refractivity contribution in [3.8, 4) is 5.75 Å². The summed E-state index contributed by atoms with van der Waals surface area (Å²) in [4.78, 5) is 305. The van der Waals surface area contributed by atoms with Gasteiger partial charge in [-0.25, -0.2) is 9.78 Å². The van der Waals surface area contributed by atoms with Gasteiger partial charge in [0, 0.05) is 37.6 Å². The quantitative estimate of drug-likeness (QED) is 0.0292. The number of imidazole rings is 1. The van der Waals surface area contributed by atoms with E-state index in [4.69, 9.17) is 11.5 Å². The average Bonchev–Trinajstić information content (AvgIpc) is 1.41. The number of aromatic nitrogens is 2. The number of aliphatic hydroxyl groups is 3. The fraction of sp³-hybridized carbons (Fsp3) is 0.652. The third-order valence-corrected chi connectivity index (χ3v) is 22.9. The van der Waals surface area contributed by atoms with E-state index in [0.717, 1.165) is 0 Å². The Kier molecular flexibility index (Phi) is 55.1. The number of aliphatic carboxylic acids is 2. The van der Waals surface area contributed by atoms with Gasteiger partial charge in [0.05, 0.1) is 45.3 Å². The van der Waals surface area contributed by atoms with Gasteiger partial charge in [0.2, 0.25) is 118 Å². The standard InChI is InChI=1S/C89H145N23O28S/c1-18-45(11)71(88(138)110-69(43(7)8)86(136)108-62(39-114)84(134)112-72(89(139)140)46(12)19-2)111-87(137)70(44(9)10)109-75(125)49(15)99-81(131)60(33-52-34-92-40-96-52)101-65(119)35-94-77(127)61(38-113)102-66(120)36-93-76(126)57(30-41(3)4)106-83(133)59(32-51-20-22-53(116)23-21-51)107-80(130)54(24-26-63(90)117)103-79(129)55(25-27-67(121)122)104-82(132)58(31-42(5)6)105-74(124)48(14)97-73(123)47(13)98-78(128)56(28-29-141-17)100-64(118)37-95-85(135)68(91)50(16)115/h20-23,34,40-50,54-62,68-72,113-116H,18-19,24-33,35-39,91H2,1-17H3,(H2,90,117)(H,92,96)(H,93,126)(H,94,127)(H,95,135)(H,97,123)(H,98,128)(H,99,131)(H,100,118)(H,101,119)(H,102,120)(H,103,129)(H,104,132)(H,105,124)(H,106,133)(H,107,130)(H,108,136)(H,109,125)(H,110,138)(H,111,137)(H,112,134)(H,121,122)(H,139,140)/t45-,46-,47-,48-,49-,50+,54-,55-,56-,57-,58-,59-,60-,61-,62-,68-,69-,70-,71-,72-/m0/s1. The number of nitrogens with two attached hydrogens (primary N) is 2. The van der Waals surface area contributed by atoms with E-state index in [0.29, 0.717) is 24.3 Å². The van der Waals surface area contributed by atoms with E-state index in [1.54, 1.807) is 89.3 Å². The number of hydrogen-bond donors (Lipinski definition) is 28. The molecule has 0 spiro atoms. The molecule has 0 saturated heterocycles. The van der Waals surface area contributed by atoms with Gasteiger partial charge in [-0.05, 0) is 125 Å². The van der Waals surface area contributed by atoms with Gasteiger partial charge >= 0.3 is 11.9 Å². The van der Waals surface area contributed by atoms with E-state index in [1.165, 1.54) is 76.2 Å². The SMILES string of the molecule is CC[C@H](C)[C@H](NC(=O)[C@H](CO)NC(=O)[C@@H](NC(=O)[C@@H](NC(=O)[C@@H](NC(=O)[C@H](C)NC(=O)[C@H](Cc1cnc[nH]1)NC(=O)CNC(=O)[C@H](CO)NC(=O)CNC(=O)[C@H](CC(C)C)NC(=O)[C@H](Cc1ccc(O)cc1)NC(=O)[C@H](CCC(N)=O)NC(=O)[C@H](CCC(=O)O)NC(=O)[C@H](CC(C)C)NC(=O)[C@H](C)NC(=O)[C@H](C)NC(=O)[C@H](CCSC)NC(=O)CNC(=O)[C@@H](N)[C@@H](C)O)C(C)C)[C@@H](C)CC)C(C)C)C(=O)O. The first-order valence-electron chi connectivity index (χ1n) is 46.3. The number of phenols is 1. The molecule has 0 aliphatic heterocycles. The molecule has 52 heteroatoms. The highest BCUT2D eigenvalue weighted by Gasteiger charge is 2.41. The van der Waals surface area contributed by atoms with Gasteiger partial charge in [-0.1, -0.05) is 108 Å². The number of carbonyl (C=O) groups is 22. The molecule has 0 saturated carbocycles. The number of aromatic hydroxyl groups is 1.